The van der Waals surface area contributed by atoms with Crippen molar-refractivity contribution in [3.8, 4) is 0 Å². The van der Waals surface area contributed by atoms with E-state index in [9.17, 15) is 8.42 Å². The summed E-state index contributed by atoms with van der Waals surface area (Å²) in [6.07, 6.45) is 1.63. The Kier molecular flexibility index (Phi) is 4.77. The van der Waals surface area contributed by atoms with E-state index in [4.69, 9.17) is 4.84 Å². The van der Waals surface area contributed by atoms with Gasteiger partial charge in [0.2, 0.25) is 0 Å². The van der Waals surface area contributed by atoms with Crippen LogP contribution in [-0.4, -0.2) is 13.1 Å². The van der Waals surface area contributed by atoms with Crippen molar-refractivity contribution in [2.75, 3.05) is 0 Å². The van der Waals surface area contributed by atoms with E-state index in [1.54, 1.807) is 42.6 Å². The zero-order valence-corrected chi connectivity index (χ0v) is 13.6. The first-order valence-corrected chi connectivity index (χ1v) is 8.80. The third-order valence-electron chi connectivity index (χ3n) is 3.27. The molecule has 122 valence electrons. The summed E-state index contributed by atoms with van der Waals surface area (Å²) in [4.78, 5) is 5.81. The zero-order chi connectivity index (χ0) is 16.8. The summed E-state index contributed by atoms with van der Waals surface area (Å²) >= 11 is 0. The van der Waals surface area contributed by atoms with Crippen molar-refractivity contribution in [1.29, 1.82) is 0 Å². The van der Waals surface area contributed by atoms with E-state index in [0.717, 1.165) is 5.56 Å². The number of pyridine rings is 1. The summed E-state index contributed by atoms with van der Waals surface area (Å²) < 4.78 is 30.0. The van der Waals surface area contributed by atoms with Crippen LogP contribution in [0.1, 0.15) is 5.56 Å². The molecule has 0 atom stereocenters. The number of rotatable bonds is 5. The van der Waals surface area contributed by atoms with Crippen LogP contribution >= 0.6 is 0 Å². The third-order valence-corrected chi connectivity index (χ3v) is 4.57. The lowest BCUT2D eigenvalue weighted by molar-refractivity contribution is 0.0877. The largest absolute Gasteiger partial charge is 0.408 e. The van der Waals surface area contributed by atoms with Gasteiger partial charge in [0.1, 0.15) is 6.61 Å². The van der Waals surface area contributed by atoms with Gasteiger partial charge in [-0.05, 0) is 29.8 Å². The van der Waals surface area contributed by atoms with E-state index in [1.807, 2.05) is 30.3 Å². The number of hydrogen-bond acceptors (Lipinski definition) is 3. The molecule has 0 aliphatic rings. The van der Waals surface area contributed by atoms with Gasteiger partial charge >= 0.3 is 0 Å². The summed E-state index contributed by atoms with van der Waals surface area (Å²) in [5, 5.41) is 0. The molecule has 1 aromatic heterocycles. The van der Waals surface area contributed by atoms with Crippen LogP contribution in [0.25, 0.3) is 0 Å². The van der Waals surface area contributed by atoms with E-state index in [1.165, 1.54) is 16.9 Å². The highest BCUT2D eigenvalue weighted by Crippen LogP contribution is 2.10. The molecule has 0 unspecified atom stereocenters. The van der Waals surface area contributed by atoms with E-state index in [2.05, 4.69) is 4.40 Å². The molecular formula is C18H16N2O3S. The van der Waals surface area contributed by atoms with Crippen LogP contribution in [0.2, 0.25) is 0 Å². The van der Waals surface area contributed by atoms with Crippen molar-refractivity contribution in [2.24, 2.45) is 4.40 Å². The molecule has 6 heteroatoms. The van der Waals surface area contributed by atoms with Gasteiger partial charge in [-0.25, -0.2) is 0 Å². The van der Waals surface area contributed by atoms with Crippen LogP contribution in [0.15, 0.2) is 94.4 Å². The molecule has 3 aromatic rings. The fraction of sp³-hybridized carbons (Fsp3) is 0.0556. The Bertz CT molecular complexity index is 966. The highest BCUT2D eigenvalue weighted by Gasteiger charge is 2.11. The average molecular weight is 340 g/mol. The number of benzene rings is 2. The molecule has 0 N–H and O–H groups in total. The average Bonchev–Trinajstić information content (AvgIpc) is 2.62. The fourth-order valence-electron chi connectivity index (χ4n) is 2.09. The van der Waals surface area contributed by atoms with Crippen molar-refractivity contribution < 1.29 is 13.3 Å². The molecule has 0 saturated heterocycles. The predicted molar refractivity (Wildman–Crippen MR) is 90.3 cm³/mol. The van der Waals surface area contributed by atoms with Gasteiger partial charge in [0.15, 0.2) is 5.49 Å². The molecule has 0 amide bonds. The lowest BCUT2D eigenvalue weighted by Crippen LogP contribution is -2.27. The first-order chi connectivity index (χ1) is 11.6. The molecule has 0 aliphatic heterocycles. The van der Waals surface area contributed by atoms with E-state index in [-0.39, 0.29) is 10.4 Å². The van der Waals surface area contributed by atoms with Gasteiger partial charge in [0.05, 0.1) is 4.90 Å². The Labute approximate surface area is 140 Å². The summed E-state index contributed by atoms with van der Waals surface area (Å²) in [6, 6.07) is 22.8. The smallest absolute Gasteiger partial charge is 0.284 e. The Morgan fingerprint density at radius 1 is 0.833 bits per heavy atom. The van der Waals surface area contributed by atoms with Gasteiger partial charge < -0.3 is 4.84 Å². The Morgan fingerprint density at radius 3 is 2.17 bits per heavy atom. The molecular weight excluding hydrogens is 324 g/mol. The summed E-state index contributed by atoms with van der Waals surface area (Å²) in [6.45, 7) is 0.309. The van der Waals surface area contributed by atoms with Crippen LogP contribution < -0.4 is 10.3 Å². The van der Waals surface area contributed by atoms with Gasteiger partial charge in [-0.15, -0.1) is 4.40 Å². The minimum absolute atomic E-state index is 0.142. The monoisotopic (exact) mass is 340 g/mol. The molecule has 0 spiro atoms. The molecule has 5 nitrogen and oxygen atoms in total. The number of sulfonamides is 1. The molecule has 0 fully saturated rings. The quantitative estimate of drug-likeness (QED) is 0.716. The lowest BCUT2D eigenvalue weighted by Gasteiger charge is -2.09. The van der Waals surface area contributed by atoms with Crippen LogP contribution in [0.3, 0.4) is 0 Å². The molecule has 0 radical (unpaired) electrons. The first kappa shape index (κ1) is 16.0. The molecule has 24 heavy (non-hydrogen) atoms. The Balaban J connectivity index is 1.92. The van der Waals surface area contributed by atoms with Crippen LogP contribution in [0.4, 0.5) is 0 Å². The molecule has 2 aromatic carbocycles. The topological polar surface area (TPSA) is 60.7 Å². The van der Waals surface area contributed by atoms with Gasteiger partial charge in [-0.1, -0.05) is 54.6 Å². The van der Waals surface area contributed by atoms with Gasteiger partial charge in [0, 0.05) is 6.20 Å². The maximum absolute atomic E-state index is 12.4. The minimum atomic E-state index is -3.79. The van der Waals surface area contributed by atoms with E-state index < -0.39 is 10.0 Å². The molecule has 0 aliphatic carbocycles. The second-order valence-corrected chi connectivity index (χ2v) is 6.63. The number of nitrogens with zero attached hydrogens (tertiary/aromatic N) is 2. The van der Waals surface area contributed by atoms with Crippen LogP contribution in [0.5, 0.6) is 0 Å². The Hall–Kier alpha value is -2.86. The second-order valence-electron chi connectivity index (χ2n) is 5.02. The van der Waals surface area contributed by atoms with Gasteiger partial charge in [0.25, 0.3) is 10.0 Å². The minimum Gasteiger partial charge on any atom is -0.408 e. The first-order valence-electron chi connectivity index (χ1n) is 7.36. The van der Waals surface area contributed by atoms with Crippen LogP contribution in [-0.2, 0) is 16.6 Å². The normalized spacial score (nSPS) is 12.1. The predicted octanol–water partition coefficient (Wildman–Crippen LogP) is 2.41. The standard InChI is InChI=1S/C18H16N2O3S/c21-24(22,17-11-5-2-6-12-17)19-18-13-7-8-14-20(18)23-15-16-9-3-1-4-10-16/h1-14H,15H2/b19-18+. The summed E-state index contributed by atoms with van der Waals surface area (Å²) in [5.74, 6) is 0. The lowest BCUT2D eigenvalue weighted by atomic mass is 10.2. The summed E-state index contributed by atoms with van der Waals surface area (Å²) in [5.41, 5.74) is 1.18. The van der Waals surface area contributed by atoms with Gasteiger partial charge in [-0.2, -0.15) is 13.1 Å². The fourth-order valence-corrected chi connectivity index (χ4v) is 3.08. The molecule has 0 saturated carbocycles. The third kappa shape index (κ3) is 3.91. The maximum Gasteiger partial charge on any atom is 0.284 e. The van der Waals surface area contributed by atoms with Gasteiger partial charge in [-0.3, -0.25) is 0 Å². The SMILES string of the molecule is O=S(=O)(/N=c1\ccccn1OCc1ccccc1)c1ccccc1. The maximum atomic E-state index is 12.4. The van der Waals surface area contributed by atoms with Crippen molar-refractivity contribution in [2.45, 2.75) is 11.5 Å². The molecule has 0 bridgehead atoms. The highest BCUT2D eigenvalue weighted by atomic mass is 32.2. The molecule has 1 heterocycles. The number of hydrogen-bond donors (Lipinski definition) is 0. The van der Waals surface area contributed by atoms with Crippen molar-refractivity contribution in [3.05, 3.63) is 96.1 Å². The second kappa shape index (κ2) is 7.14. The van der Waals surface area contributed by atoms with Crippen molar-refractivity contribution >= 4 is 10.0 Å². The van der Waals surface area contributed by atoms with E-state index >= 15 is 0 Å². The Morgan fingerprint density at radius 2 is 1.46 bits per heavy atom. The highest BCUT2D eigenvalue weighted by molar-refractivity contribution is 7.90. The zero-order valence-electron chi connectivity index (χ0n) is 12.8. The number of aromatic nitrogens is 1. The van der Waals surface area contributed by atoms with Crippen molar-refractivity contribution in [3.63, 3.8) is 0 Å². The van der Waals surface area contributed by atoms with Crippen LogP contribution in [0, 0.1) is 0 Å². The van der Waals surface area contributed by atoms with E-state index in [0.29, 0.717) is 6.61 Å². The van der Waals surface area contributed by atoms with Crippen molar-refractivity contribution in [1.82, 2.24) is 4.73 Å². The molecule has 3 rings (SSSR count). The summed E-state index contributed by atoms with van der Waals surface area (Å²) in [7, 11) is -3.79.